The highest BCUT2D eigenvalue weighted by Crippen LogP contribution is 2.33. The van der Waals surface area contributed by atoms with Gasteiger partial charge in [-0.05, 0) is 60.4 Å². The molecule has 1 aliphatic carbocycles. The number of methoxy groups -OCH3 is 2. The summed E-state index contributed by atoms with van der Waals surface area (Å²) in [6.45, 7) is 0. The summed E-state index contributed by atoms with van der Waals surface area (Å²) in [7, 11) is 3.27. The van der Waals surface area contributed by atoms with Gasteiger partial charge >= 0.3 is 0 Å². The van der Waals surface area contributed by atoms with E-state index in [0.29, 0.717) is 0 Å². The topological polar surface area (TPSA) is 35.5 Å². The Balaban J connectivity index is 1.86. The number of hydrogen-bond acceptors (Lipinski definition) is 3. The summed E-state index contributed by atoms with van der Waals surface area (Å²) in [5, 5.41) is 0. The number of benzene rings is 2. The highest BCUT2D eigenvalue weighted by molar-refractivity contribution is 9.10. The van der Waals surface area contributed by atoms with Crippen molar-refractivity contribution in [3.05, 3.63) is 67.6 Å². The summed E-state index contributed by atoms with van der Waals surface area (Å²) in [6, 6.07) is 11.5. The lowest BCUT2D eigenvalue weighted by Gasteiger charge is -2.05. The maximum absolute atomic E-state index is 12.8. The van der Waals surface area contributed by atoms with Crippen molar-refractivity contribution in [1.82, 2.24) is 0 Å². The van der Waals surface area contributed by atoms with E-state index in [4.69, 9.17) is 9.47 Å². The average Bonchev–Trinajstić information content (AvgIpc) is 2.98. The van der Waals surface area contributed by atoms with Crippen molar-refractivity contribution in [3.8, 4) is 11.5 Å². The lowest BCUT2D eigenvalue weighted by atomic mass is 10.1. The van der Waals surface area contributed by atoms with Crippen LogP contribution in [0.1, 0.15) is 24.0 Å². The molecular formula is C21H18Br2O3. The fraction of sp³-hybridized carbons (Fsp3) is 0.190. The van der Waals surface area contributed by atoms with Crippen LogP contribution >= 0.6 is 31.9 Å². The van der Waals surface area contributed by atoms with Crippen LogP contribution in [-0.2, 0) is 4.79 Å². The van der Waals surface area contributed by atoms with Crippen LogP contribution in [0.25, 0.3) is 12.2 Å². The molecule has 0 atom stereocenters. The fourth-order valence-electron chi connectivity index (χ4n) is 2.86. The predicted molar refractivity (Wildman–Crippen MR) is 112 cm³/mol. The summed E-state index contributed by atoms with van der Waals surface area (Å²) >= 11 is 7.08. The summed E-state index contributed by atoms with van der Waals surface area (Å²) < 4.78 is 12.2. The molecule has 0 bridgehead atoms. The highest BCUT2D eigenvalue weighted by Gasteiger charge is 2.23. The van der Waals surface area contributed by atoms with Crippen LogP contribution in [0.2, 0.25) is 0 Å². The number of carbonyl (C=O) groups is 1. The molecule has 0 spiro atoms. The van der Waals surface area contributed by atoms with Crippen LogP contribution in [-0.4, -0.2) is 20.0 Å². The number of rotatable bonds is 4. The smallest absolute Gasteiger partial charge is 0.185 e. The molecule has 0 N–H and O–H groups in total. The largest absolute Gasteiger partial charge is 0.497 e. The monoisotopic (exact) mass is 476 g/mol. The molecule has 0 radical (unpaired) electrons. The van der Waals surface area contributed by atoms with Gasteiger partial charge in [0, 0.05) is 20.1 Å². The minimum atomic E-state index is 0.107. The van der Waals surface area contributed by atoms with Gasteiger partial charge < -0.3 is 9.47 Å². The minimum absolute atomic E-state index is 0.107. The Labute approximate surface area is 170 Å². The SMILES string of the molecule is COc1ccc(C=C2CCC(=Cc3ccc(OC)cc3Br)C2=O)c(Br)c1. The van der Waals surface area contributed by atoms with Crippen molar-refractivity contribution in [2.75, 3.05) is 14.2 Å². The van der Waals surface area contributed by atoms with Crippen molar-refractivity contribution in [1.29, 1.82) is 0 Å². The highest BCUT2D eigenvalue weighted by atomic mass is 79.9. The molecule has 0 heterocycles. The summed E-state index contributed by atoms with van der Waals surface area (Å²) in [5.41, 5.74) is 3.60. The van der Waals surface area contributed by atoms with Gasteiger partial charge in [0.05, 0.1) is 14.2 Å². The van der Waals surface area contributed by atoms with Gasteiger partial charge in [-0.25, -0.2) is 0 Å². The molecule has 2 aromatic rings. The molecule has 1 fully saturated rings. The maximum Gasteiger partial charge on any atom is 0.185 e. The minimum Gasteiger partial charge on any atom is -0.497 e. The van der Waals surface area contributed by atoms with Gasteiger partial charge in [0.15, 0.2) is 5.78 Å². The van der Waals surface area contributed by atoms with E-state index in [2.05, 4.69) is 31.9 Å². The normalized spacial score (nSPS) is 17.2. The third-order valence-corrected chi connectivity index (χ3v) is 5.70. The quantitative estimate of drug-likeness (QED) is 0.502. The van der Waals surface area contributed by atoms with E-state index in [1.807, 2.05) is 48.6 Å². The average molecular weight is 478 g/mol. The Kier molecular flexibility index (Phi) is 5.99. The van der Waals surface area contributed by atoms with Gasteiger partial charge in [0.2, 0.25) is 0 Å². The van der Waals surface area contributed by atoms with E-state index < -0.39 is 0 Å². The van der Waals surface area contributed by atoms with Gasteiger partial charge in [-0.3, -0.25) is 4.79 Å². The molecule has 0 saturated heterocycles. The third kappa shape index (κ3) is 4.10. The van der Waals surface area contributed by atoms with E-state index in [0.717, 1.165) is 55.6 Å². The predicted octanol–water partition coefficient (Wildman–Crippen LogP) is 6.06. The van der Waals surface area contributed by atoms with E-state index in [-0.39, 0.29) is 5.78 Å². The van der Waals surface area contributed by atoms with Crippen molar-refractivity contribution in [3.63, 3.8) is 0 Å². The first-order valence-electron chi connectivity index (χ1n) is 8.14. The Bertz CT molecular complexity index is 840. The van der Waals surface area contributed by atoms with E-state index in [1.165, 1.54) is 0 Å². The van der Waals surface area contributed by atoms with Gasteiger partial charge in [-0.15, -0.1) is 0 Å². The van der Waals surface area contributed by atoms with E-state index >= 15 is 0 Å². The summed E-state index contributed by atoms with van der Waals surface area (Å²) in [5.74, 6) is 1.67. The zero-order chi connectivity index (χ0) is 18.7. The van der Waals surface area contributed by atoms with E-state index in [1.54, 1.807) is 14.2 Å². The zero-order valence-corrected chi connectivity index (χ0v) is 17.7. The second-order valence-corrected chi connectivity index (χ2v) is 7.65. The molecule has 3 rings (SSSR count). The van der Waals surface area contributed by atoms with Crippen LogP contribution in [0.5, 0.6) is 11.5 Å². The maximum atomic E-state index is 12.8. The standard InChI is InChI=1S/C21H18Br2O3/c1-25-17-7-5-13(19(22)11-17)9-15-3-4-16(21(15)24)10-14-6-8-18(26-2)12-20(14)23/h5-12H,3-4H2,1-2H3. The molecule has 0 unspecified atom stereocenters. The number of Topliss-reactive ketones (excluding diaryl/α,β-unsaturated/α-hetero) is 1. The molecule has 0 amide bonds. The number of ketones is 1. The first-order valence-corrected chi connectivity index (χ1v) is 9.73. The van der Waals surface area contributed by atoms with Crippen molar-refractivity contribution < 1.29 is 14.3 Å². The second kappa shape index (κ2) is 8.23. The molecule has 134 valence electrons. The van der Waals surface area contributed by atoms with Gasteiger partial charge in [-0.1, -0.05) is 44.0 Å². The Morgan fingerprint density at radius 1 is 0.808 bits per heavy atom. The molecular weight excluding hydrogens is 460 g/mol. The van der Waals surface area contributed by atoms with Crippen LogP contribution < -0.4 is 9.47 Å². The van der Waals surface area contributed by atoms with Gasteiger partial charge in [0.1, 0.15) is 11.5 Å². The molecule has 1 saturated carbocycles. The molecule has 5 heteroatoms. The Morgan fingerprint density at radius 3 is 1.58 bits per heavy atom. The van der Waals surface area contributed by atoms with Gasteiger partial charge in [0.25, 0.3) is 0 Å². The van der Waals surface area contributed by atoms with E-state index in [9.17, 15) is 4.79 Å². The lowest BCUT2D eigenvalue weighted by Crippen LogP contribution is -1.96. The molecule has 1 aliphatic rings. The van der Waals surface area contributed by atoms with Crippen molar-refractivity contribution in [2.45, 2.75) is 12.8 Å². The Hall–Kier alpha value is -1.85. The fourth-order valence-corrected chi connectivity index (χ4v) is 3.80. The summed E-state index contributed by atoms with van der Waals surface area (Å²) in [6.07, 6.45) is 5.40. The van der Waals surface area contributed by atoms with Crippen molar-refractivity contribution in [2.24, 2.45) is 0 Å². The zero-order valence-electron chi connectivity index (χ0n) is 14.5. The lowest BCUT2D eigenvalue weighted by molar-refractivity contribution is -0.111. The summed E-state index contributed by atoms with van der Waals surface area (Å²) in [4.78, 5) is 12.8. The number of allylic oxidation sites excluding steroid dienone is 2. The van der Waals surface area contributed by atoms with Gasteiger partial charge in [-0.2, -0.15) is 0 Å². The number of ether oxygens (including phenoxy) is 2. The molecule has 2 aromatic carbocycles. The number of hydrogen-bond donors (Lipinski definition) is 0. The second-order valence-electron chi connectivity index (χ2n) is 5.94. The van der Waals surface area contributed by atoms with Crippen LogP contribution in [0.15, 0.2) is 56.5 Å². The molecule has 26 heavy (non-hydrogen) atoms. The number of halogens is 2. The van der Waals surface area contributed by atoms with Crippen LogP contribution in [0.4, 0.5) is 0 Å². The molecule has 0 aliphatic heterocycles. The first kappa shape index (κ1) is 18.9. The van der Waals surface area contributed by atoms with Crippen molar-refractivity contribution >= 4 is 49.8 Å². The van der Waals surface area contributed by atoms with Crippen LogP contribution in [0, 0.1) is 0 Å². The number of carbonyl (C=O) groups excluding carboxylic acids is 1. The first-order chi connectivity index (χ1) is 12.5. The molecule has 3 nitrogen and oxygen atoms in total. The Morgan fingerprint density at radius 2 is 1.23 bits per heavy atom. The third-order valence-electron chi connectivity index (χ3n) is 4.32. The van der Waals surface area contributed by atoms with Crippen LogP contribution in [0.3, 0.4) is 0 Å². The molecule has 0 aromatic heterocycles.